The molecule has 2 aliphatic heterocycles. The zero-order chi connectivity index (χ0) is 42.1. The van der Waals surface area contributed by atoms with E-state index in [2.05, 4.69) is 59.8 Å². The van der Waals surface area contributed by atoms with Gasteiger partial charge in [-0.25, -0.2) is 19.9 Å². The lowest BCUT2D eigenvalue weighted by molar-refractivity contribution is -0.133. The molecule has 2 saturated carbocycles. The van der Waals surface area contributed by atoms with Gasteiger partial charge >= 0.3 is 0 Å². The first kappa shape index (κ1) is 44.4. The number of thiophene rings is 2. The number of rotatable bonds is 9. The van der Waals surface area contributed by atoms with Crippen molar-refractivity contribution in [2.75, 3.05) is 63.3 Å². The zero-order valence-corrected chi connectivity index (χ0v) is 38.9. The van der Waals surface area contributed by atoms with Crippen LogP contribution in [0.1, 0.15) is 124 Å². The van der Waals surface area contributed by atoms with E-state index >= 15 is 0 Å². The zero-order valence-electron chi connectivity index (χ0n) is 36.5. The third kappa shape index (κ3) is 11.0. The number of alkyl halides is 1. The molecule has 0 bridgehead atoms. The Kier molecular flexibility index (Phi) is 15.6. The van der Waals surface area contributed by atoms with Gasteiger partial charge in [0.05, 0.1) is 17.3 Å². The second kappa shape index (κ2) is 21.5. The van der Waals surface area contributed by atoms with Crippen LogP contribution < -0.4 is 16.0 Å². The van der Waals surface area contributed by atoms with Gasteiger partial charge in [-0.1, -0.05) is 0 Å². The van der Waals surface area contributed by atoms with E-state index in [1.54, 1.807) is 12.7 Å². The van der Waals surface area contributed by atoms with Crippen LogP contribution in [0.25, 0.3) is 20.4 Å². The molecule has 0 spiro atoms. The van der Waals surface area contributed by atoms with E-state index in [0.717, 1.165) is 94.0 Å². The van der Waals surface area contributed by atoms with E-state index in [0.29, 0.717) is 36.6 Å². The number of anilines is 2. The average molecular weight is 892 g/mol. The van der Waals surface area contributed by atoms with Crippen molar-refractivity contribution in [1.29, 1.82) is 0 Å². The third-order valence-corrected chi connectivity index (χ3v) is 16.7. The van der Waals surface area contributed by atoms with Crippen molar-refractivity contribution in [3.63, 3.8) is 0 Å². The first-order valence-electron chi connectivity index (χ1n) is 23.4. The molecule has 10 rings (SSSR count). The maximum Gasteiger partial charge on any atom is 0.237 e. The monoisotopic (exact) mass is 890 g/mol. The lowest BCUT2D eigenvalue weighted by Crippen LogP contribution is -2.46. The summed E-state index contributed by atoms with van der Waals surface area (Å²) in [6.07, 6.45) is 27.4. The molecule has 4 aliphatic carbocycles. The molecule has 6 aliphatic rings. The van der Waals surface area contributed by atoms with Crippen molar-refractivity contribution in [3.8, 4) is 0 Å². The van der Waals surface area contributed by atoms with Gasteiger partial charge in [-0.3, -0.25) is 14.5 Å². The lowest BCUT2D eigenvalue weighted by atomic mass is 9.90. The molecular weight excluding hydrogens is 824 g/mol. The highest BCUT2D eigenvalue weighted by molar-refractivity contribution is 7.19. The summed E-state index contributed by atoms with van der Waals surface area (Å²) in [7, 11) is 4.20. The second-order valence-electron chi connectivity index (χ2n) is 18.1. The van der Waals surface area contributed by atoms with Crippen molar-refractivity contribution in [1.82, 2.24) is 40.0 Å². The summed E-state index contributed by atoms with van der Waals surface area (Å²) in [6, 6.07) is 2.22. The van der Waals surface area contributed by atoms with Crippen molar-refractivity contribution in [3.05, 3.63) is 33.5 Å². The molecular formula is C46H67ClN10O2S2. The summed E-state index contributed by atoms with van der Waals surface area (Å²) in [5.41, 5.74) is 3.00. The smallest absolute Gasteiger partial charge is 0.237 e. The molecule has 2 saturated heterocycles. The Morgan fingerprint density at radius 2 is 1.10 bits per heavy atom. The molecule has 4 fully saturated rings. The number of halogens is 1. The Morgan fingerprint density at radius 1 is 0.639 bits per heavy atom. The minimum atomic E-state index is 0.0846. The van der Waals surface area contributed by atoms with Crippen molar-refractivity contribution in [2.45, 2.75) is 153 Å². The van der Waals surface area contributed by atoms with Crippen LogP contribution in [-0.4, -0.2) is 123 Å². The highest BCUT2D eigenvalue weighted by atomic mass is 35.5. The molecule has 0 radical (unpaired) electrons. The molecule has 12 nitrogen and oxygen atoms in total. The van der Waals surface area contributed by atoms with E-state index in [1.807, 2.05) is 27.6 Å². The maximum absolute atomic E-state index is 12.6. The molecule has 15 heteroatoms. The summed E-state index contributed by atoms with van der Waals surface area (Å²) in [6.45, 7) is 4.28. The highest BCUT2D eigenvalue weighted by Crippen LogP contribution is 2.41. The number of likely N-dealkylation sites (tertiary alicyclic amines) is 2. The van der Waals surface area contributed by atoms with Crippen LogP contribution >= 0.6 is 34.3 Å². The summed E-state index contributed by atoms with van der Waals surface area (Å²) in [5, 5.41) is 13.5. The van der Waals surface area contributed by atoms with E-state index in [4.69, 9.17) is 11.6 Å². The average Bonchev–Trinajstić information content (AvgIpc) is 4.11. The molecule has 3 N–H and O–H groups in total. The quantitative estimate of drug-likeness (QED) is 0.141. The van der Waals surface area contributed by atoms with Gasteiger partial charge in [-0.2, -0.15) is 0 Å². The second-order valence-corrected chi connectivity index (χ2v) is 20.5. The normalized spacial score (nSPS) is 23.8. The number of carbonyl (C=O) groups excluding carboxylic acids is 2. The van der Waals surface area contributed by atoms with Gasteiger partial charge in [0.1, 0.15) is 39.8 Å². The van der Waals surface area contributed by atoms with Crippen molar-refractivity contribution < 1.29 is 9.59 Å². The van der Waals surface area contributed by atoms with Crippen molar-refractivity contribution >= 4 is 78.2 Å². The van der Waals surface area contributed by atoms with Gasteiger partial charge < -0.3 is 25.8 Å². The number of nitrogens with one attached hydrogen (secondary N) is 3. The molecule has 0 atom stereocenters. The summed E-state index contributed by atoms with van der Waals surface area (Å²) in [4.78, 5) is 53.3. The number of likely N-dealkylation sites (N-methyl/N-ethyl adjacent to an activating group) is 1. The molecule has 2 amide bonds. The Bertz CT molecular complexity index is 2070. The Labute approximate surface area is 375 Å². The van der Waals surface area contributed by atoms with Crippen LogP contribution in [0.4, 0.5) is 11.6 Å². The molecule has 4 aromatic rings. The van der Waals surface area contributed by atoms with Crippen molar-refractivity contribution in [2.24, 2.45) is 0 Å². The molecule has 332 valence electrons. The number of hydrogen-bond donors (Lipinski definition) is 3. The lowest BCUT2D eigenvalue weighted by Gasteiger charge is -2.36. The molecule has 0 unspecified atom stereocenters. The van der Waals surface area contributed by atoms with Crippen LogP contribution in [0, 0.1) is 0 Å². The molecule has 0 aromatic carbocycles. The summed E-state index contributed by atoms with van der Waals surface area (Å²) < 4.78 is 0. The number of aromatic nitrogens is 4. The first-order valence-corrected chi connectivity index (χ1v) is 25.6. The number of carbonyl (C=O) groups is 2. The Hall–Kier alpha value is -3.17. The Balaban J connectivity index is 0.000000143. The van der Waals surface area contributed by atoms with Gasteiger partial charge in [0, 0.05) is 60.1 Å². The highest BCUT2D eigenvalue weighted by Gasteiger charge is 2.29. The number of piperidine rings is 2. The van der Waals surface area contributed by atoms with Crippen LogP contribution in [0.2, 0.25) is 0 Å². The van der Waals surface area contributed by atoms with E-state index < -0.39 is 0 Å². The largest absolute Gasteiger partial charge is 0.367 e. The van der Waals surface area contributed by atoms with E-state index in [1.165, 1.54) is 114 Å². The van der Waals surface area contributed by atoms with Gasteiger partial charge in [-0.05, 0) is 154 Å². The van der Waals surface area contributed by atoms with E-state index in [9.17, 15) is 9.59 Å². The molecule has 6 heterocycles. The number of fused-ring (bicyclic) bond motifs is 6. The maximum atomic E-state index is 12.6. The van der Waals surface area contributed by atoms with Gasteiger partial charge in [0.2, 0.25) is 11.8 Å². The topological polar surface area (TPSA) is 132 Å². The number of amides is 2. The van der Waals surface area contributed by atoms with Gasteiger partial charge in [0.15, 0.2) is 0 Å². The molecule has 61 heavy (non-hydrogen) atoms. The Morgan fingerprint density at radius 3 is 1.57 bits per heavy atom. The minimum absolute atomic E-state index is 0.0846. The first-order chi connectivity index (χ1) is 29.9. The third-order valence-electron chi connectivity index (χ3n) is 14.1. The van der Waals surface area contributed by atoms with Gasteiger partial charge in [0.25, 0.3) is 0 Å². The fourth-order valence-corrected chi connectivity index (χ4v) is 13.1. The summed E-state index contributed by atoms with van der Waals surface area (Å²) >= 11 is 9.11. The van der Waals surface area contributed by atoms with Crippen LogP contribution in [0.5, 0.6) is 0 Å². The fraction of sp³-hybridized carbons (Fsp3) is 0.696. The minimum Gasteiger partial charge on any atom is -0.367 e. The van der Waals surface area contributed by atoms with Gasteiger partial charge in [-0.15, -0.1) is 34.3 Å². The van der Waals surface area contributed by atoms with Crippen LogP contribution in [0.3, 0.4) is 0 Å². The standard InChI is InChI=1S/C23H33N5OS.C16H22N4S.C7H12ClNO/c1-27(14-20(29)28-12-3-2-4-13-28)17-10-8-16(9-11-17)26-22-21-18-6-5-7-19(18)30-23(21)25-15-24-22;1-17-10-5-7-11(8-6-10)20-15-14-12-3-2-4-13(12)21-16(14)19-9-18-15;8-6-7(10)9-4-2-1-3-5-9/h15-17H,2-14H2,1H3,(H,24,25,26);9-11,17H,2-8H2,1H3,(H,18,19,20);1-6H2. The SMILES string of the molecule is CN(CC(=O)N1CCCCC1)C1CCC(Nc2ncnc3sc4c(c23)CCC4)CC1.CNC1CCC(Nc2ncnc3sc4c(c23)CCC4)CC1.O=C(CCl)N1CCCCC1. The number of aryl methyl sites for hydroxylation is 4. The fourth-order valence-electron chi connectivity index (χ4n) is 10.5. The van der Waals surface area contributed by atoms with Crippen LogP contribution in [0.15, 0.2) is 12.7 Å². The molecule has 4 aromatic heterocycles. The predicted octanol–water partition coefficient (Wildman–Crippen LogP) is 8.21. The summed E-state index contributed by atoms with van der Waals surface area (Å²) in [5.74, 6) is 2.65. The van der Waals surface area contributed by atoms with E-state index in [-0.39, 0.29) is 11.8 Å². The predicted molar refractivity (Wildman–Crippen MR) is 251 cm³/mol. The number of hydrogen-bond acceptors (Lipinski definition) is 12. The number of nitrogens with zero attached hydrogens (tertiary/aromatic N) is 7. The van der Waals surface area contributed by atoms with Crippen LogP contribution in [-0.2, 0) is 35.3 Å².